The lowest BCUT2D eigenvalue weighted by molar-refractivity contribution is 0.429. The summed E-state index contributed by atoms with van der Waals surface area (Å²) < 4.78 is 1.84. The van der Waals surface area contributed by atoms with Crippen molar-refractivity contribution in [2.75, 3.05) is 0 Å². The van der Waals surface area contributed by atoms with Crippen molar-refractivity contribution in [2.45, 2.75) is 38.0 Å². The summed E-state index contributed by atoms with van der Waals surface area (Å²) >= 11 is 0. The summed E-state index contributed by atoms with van der Waals surface area (Å²) in [6.45, 7) is 0. The van der Waals surface area contributed by atoms with Crippen LogP contribution in [0.1, 0.15) is 49.4 Å². The molecule has 15 heavy (non-hydrogen) atoms. The highest BCUT2D eigenvalue weighted by atomic mass is 16.3. The molecule has 0 radical (unpaired) electrons. The molecule has 0 spiro atoms. The van der Waals surface area contributed by atoms with Crippen LogP contribution >= 0.6 is 0 Å². The Labute approximate surface area is 90.0 Å². The van der Waals surface area contributed by atoms with Gasteiger partial charge in [-0.05, 0) is 18.8 Å². The van der Waals surface area contributed by atoms with Crippen LogP contribution in [0.15, 0.2) is 6.07 Å². The summed E-state index contributed by atoms with van der Waals surface area (Å²) in [5.74, 6) is 0.650. The number of nitrogens with zero attached hydrogens (tertiary/aromatic N) is 2. The molecule has 0 aliphatic heterocycles. The summed E-state index contributed by atoms with van der Waals surface area (Å²) in [5, 5.41) is 18.5. The number of hydrogen-bond acceptors (Lipinski definition) is 2. The lowest BCUT2D eigenvalue weighted by atomic mass is 9.87. The van der Waals surface area contributed by atoms with E-state index in [1.807, 2.05) is 17.7 Å². The van der Waals surface area contributed by atoms with Crippen LogP contribution in [0.3, 0.4) is 0 Å². The lowest BCUT2D eigenvalue weighted by Crippen LogP contribution is -2.09. The topological polar surface area (TPSA) is 49.0 Å². The fourth-order valence-electron chi connectivity index (χ4n) is 2.53. The second-order valence-corrected chi connectivity index (χ2v) is 4.31. The van der Waals surface area contributed by atoms with Crippen molar-refractivity contribution < 1.29 is 5.11 Å². The highest BCUT2D eigenvalue weighted by Crippen LogP contribution is 2.35. The molecule has 80 valence electrons. The standard InChI is InChI=1S/C12H16N2O/c1-14-10(7-12(15)11(14)8-13)9-5-3-2-4-6-9/h7,9,15H,2-6H2,1H3. The fourth-order valence-corrected chi connectivity index (χ4v) is 2.53. The van der Waals surface area contributed by atoms with Crippen molar-refractivity contribution in [3.05, 3.63) is 17.5 Å². The van der Waals surface area contributed by atoms with Crippen LogP contribution in [0.2, 0.25) is 0 Å². The SMILES string of the molecule is Cn1c(C2CCCCC2)cc(O)c1C#N. The van der Waals surface area contributed by atoms with Crippen LogP contribution in [0.25, 0.3) is 0 Å². The van der Waals surface area contributed by atoms with Gasteiger partial charge in [-0.3, -0.25) is 0 Å². The average molecular weight is 204 g/mol. The Kier molecular flexibility index (Phi) is 2.68. The van der Waals surface area contributed by atoms with E-state index in [-0.39, 0.29) is 5.75 Å². The van der Waals surface area contributed by atoms with Gasteiger partial charge in [0, 0.05) is 18.8 Å². The molecule has 3 nitrogen and oxygen atoms in total. The largest absolute Gasteiger partial charge is 0.505 e. The quantitative estimate of drug-likeness (QED) is 0.764. The number of hydrogen-bond donors (Lipinski definition) is 1. The predicted molar refractivity (Wildman–Crippen MR) is 57.6 cm³/mol. The van der Waals surface area contributed by atoms with Gasteiger partial charge in [-0.25, -0.2) is 0 Å². The van der Waals surface area contributed by atoms with Gasteiger partial charge in [0.05, 0.1) is 0 Å². The molecule has 0 saturated heterocycles. The molecule has 0 atom stereocenters. The van der Waals surface area contributed by atoms with Gasteiger partial charge in [-0.2, -0.15) is 5.26 Å². The fraction of sp³-hybridized carbons (Fsp3) is 0.583. The van der Waals surface area contributed by atoms with E-state index in [9.17, 15) is 5.11 Å². The van der Waals surface area contributed by atoms with Crippen molar-refractivity contribution >= 4 is 0 Å². The zero-order valence-corrected chi connectivity index (χ0v) is 9.03. The molecule has 0 unspecified atom stereocenters. The van der Waals surface area contributed by atoms with Crippen molar-refractivity contribution in [2.24, 2.45) is 7.05 Å². The molecule has 2 rings (SSSR count). The molecule has 1 aliphatic rings. The Bertz CT molecular complexity index is 394. The molecule has 3 heteroatoms. The molecular weight excluding hydrogens is 188 g/mol. The zero-order valence-electron chi connectivity index (χ0n) is 9.03. The van der Waals surface area contributed by atoms with E-state index in [0.29, 0.717) is 11.6 Å². The van der Waals surface area contributed by atoms with Crippen molar-refractivity contribution in [1.82, 2.24) is 4.57 Å². The molecule has 1 fully saturated rings. The van der Waals surface area contributed by atoms with Gasteiger partial charge in [0.25, 0.3) is 0 Å². The van der Waals surface area contributed by atoms with Gasteiger partial charge in [-0.1, -0.05) is 19.3 Å². The first-order valence-electron chi connectivity index (χ1n) is 5.52. The third kappa shape index (κ3) is 1.72. The minimum absolute atomic E-state index is 0.126. The molecule has 1 aromatic heterocycles. The highest BCUT2D eigenvalue weighted by Gasteiger charge is 2.21. The van der Waals surface area contributed by atoms with Gasteiger partial charge in [0.15, 0.2) is 11.4 Å². The van der Waals surface area contributed by atoms with Crippen molar-refractivity contribution in [3.63, 3.8) is 0 Å². The predicted octanol–water partition coefficient (Wildman–Crippen LogP) is 2.65. The van der Waals surface area contributed by atoms with Crippen LogP contribution in [0.4, 0.5) is 0 Å². The van der Waals surface area contributed by atoms with Gasteiger partial charge in [-0.15, -0.1) is 0 Å². The zero-order chi connectivity index (χ0) is 10.8. The van der Waals surface area contributed by atoms with Crippen LogP contribution < -0.4 is 0 Å². The molecular formula is C12H16N2O. The van der Waals surface area contributed by atoms with Crippen molar-refractivity contribution in [1.29, 1.82) is 5.26 Å². The summed E-state index contributed by atoms with van der Waals surface area (Å²) in [6, 6.07) is 3.79. The normalized spacial score (nSPS) is 17.6. The maximum Gasteiger partial charge on any atom is 0.162 e. The van der Waals surface area contributed by atoms with E-state index < -0.39 is 0 Å². The van der Waals surface area contributed by atoms with Gasteiger partial charge in [0.2, 0.25) is 0 Å². The number of aromatic hydroxyl groups is 1. The van der Waals surface area contributed by atoms with E-state index in [2.05, 4.69) is 0 Å². The smallest absolute Gasteiger partial charge is 0.162 e. The molecule has 0 amide bonds. The van der Waals surface area contributed by atoms with Gasteiger partial charge in [0.1, 0.15) is 6.07 Å². The first-order chi connectivity index (χ1) is 7.24. The van der Waals surface area contributed by atoms with Crippen molar-refractivity contribution in [3.8, 4) is 11.8 Å². The molecule has 0 bridgehead atoms. The van der Waals surface area contributed by atoms with Crippen LogP contribution in [0.5, 0.6) is 5.75 Å². The summed E-state index contributed by atoms with van der Waals surface area (Å²) in [5.41, 5.74) is 1.50. The maximum atomic E-state index is 9.60. The minimum Gasteiger partial charge on any atom is -0.505 e. The number of aromatic nitrogens is 1. The number of nitriles is 1. The highest BCUT2D eigenvalue weighted by molar-refractivity contribution is 5.42. The van der Waals surface area contributed by atoms with Crippen LogP contribution in [0, 0.1) is 11.3 Å². The Morgan fingerprint density at radius 3 is 2.60 bits per heavy atom. The van der Waals surface area contributed by atoms with E-state index in [1.165, 1.54) is 32.1 Å². The first-order valence-corrected chi connectivity index (χ1v) is 5.52. The Balaban J connectivity index is 2.32. The third-order valence-electron chi connectivity index (χ3n) is 3.38. The van der Waals surface area contributed by atoms with Gasteiger partial charge >= 0.3 is 0 Å². The maximum absolute atomic E-state index is 9.60. The Morgan fingerprint density at radius 1 is 1.40 bits per heavy atom. The Morgan fingerprint density at radius 2 is 2.07 bits per heavy atom. The van der Waals surface area contributed by atoms with Gasteiger partial charge < -0.3 is 9.67 Å². The van der Waals surface area contributed by atoms with Crippen LogP contribution in [-0.2, 0) is 7.05 Å². The molecule has 1 N–H and O–H groups in total. The van der Waals surface area contributed by atoms with Crippen LogP contribution in [-0.4, -0.2) is 9.67 Å². The third-order valence-corrected chi connectivity index (χ3v) is 3.38. The summed E-state index contributed by atoms with van der Waals surface area (Å²) in [6.07, 6.45) is 6.21. The molecule has 1 heterocycles. The Hall–Kier alpha value is -1.43. The van der Waals surface area contributed by atoms with E-state index >= 15 is 0 Å². The second kappa shape index (κ2) is 3.98. The lowest BCUT2D eigenvalue weighted by Gasteiger charge is -2.22. The first kappa shape index (κ1) is 10.1. The van der Waals surface area contributed by atoms with E-state index in [4.69, 9.17) is 5.26 Å². The summed E-state index contributed by atoms with van der Waals surface area (Å²) in [4.78, 5) is 0. The average Bonchev–Trinajstić information content (AvgIpc) is 2.55. The monoisotopic (exact) mass is 204 g/mol. The molecule has 1 saturated carbocycles. The summed E-state index contributed by atoms with van der Waals surface area (Å²) in [7, 11) is 1.86. The van der Waals surface area contributed by atoms with E-state index in [0.717, 1.165) is 5.69 Å². The molecule has 1 aromatic rings. The minimum atomic E-state index is 0.126. The number of rotatable bonds is 1. The molecule has 0 aromatic carbocycles. The second-order valence-electron chi connectivity index (χ2n) is 4.31. The molecule has 1 aliphatic carbocycles. The van der Waals surface area contributed by atoms with E-state index in [1.54, 1.807) is 6.07 Å².